The van der Waals surface area contributed by atoms with E-state index in [0.29, 0.717) is 12.0 Å². The molecule has 1 saturated carbocycles. The van der Waals surface area contributed by atoms with E-state index in [1.54, 1.807) is 12.1 Å². The largest absolute Gasteiger partial charge is 0.396 e. The smallest absolute Gasteiger partial charge is 0.237 e. The molecule has 108 valence electrons. The molecule has 1 amide bonds. The summed E-state index contributed by atoms with van der Waals surface area (Å²) in [6, 6.07) is 4.65. The lowest BCUT2D eigenvalue weighted by molar-refractivity contribution is -0.123. The van der Waals surface area contributed by atoms with Crippen LogP contribution in [-0.2, 0) is 11.3 Å². The number of halogens is 2. The summed E-state index contributed by atoms with van der Waals surface area (Å²) in [4.78, 5) is 12.0. The van der Waals surface area contributed by atoms with Crippen LogP contribution in [0.15, 0.2) is 18.2 Å². The maximum absolute atomic E-state index is 13.7. The highest BCUT2D eigenvalue weighted by Crippen LogP contribution is 2.53. The van der Waals surface area contributed by atoms with Crippen LogP contribution in [0.25, 0.3) is 0 Å². The van der Waals surface area contributed by atoms with Gasteiger partial charge < -0.3 is 15.7 Å². The third-order valence-corrected chi connectivity index (χ3v) is 4.61. The number of amides is 1. The Bertz CT molecular complexity index is 550. The Hall–Kier alpha value is -1.17. The summed E-state index contributed by atoms with van der Waals surface area (Å²) in [5, 5.41) is 15.3. The summed E-state index contributed by atoms with van der Waals surface area (Å²) >= 11 is 5.69. The zero-order valence-electron chi connectivity index (χ0n) is 10.8. The number of nitrogens with one attached hydrogen (secondary N) is 2. The second-order valence-corrected chi connectivity index (χ2v) is 6.04. The summed E-state index contributed by atoms with van der Waals surface area (Å²) < 4.78 is 13.7. The van der Waals surface area contributed by atoms with Crippen molar-refractivity contribution in [3.63, 3.8) is 0 Å². The zero-order chi connectivity index (χ0) is 14.3. The molecule has 1 heterocycles. The average molecular weight is 299 g/mol. The molecule has 2 fully saturated rings. The highest BCUT2D eigenvalue weighted by Gasteiger charge is 2.61. The fourth-order valence-electron chi connectivity index (χ4n) is 2.92. The van der Waals surface area contributed by atoms with Crippen molar-refractivity contribution in [1.82, 2.24) is 10.6 Å². The highest BCUT2D eigenvalue weighted by atomic mass is 35.5. The van der Waals surface area contributed by atoms with Crippen LogP contribution in [0.1, 0.15) is 18.4 Å². The lowest BCUT2D eigenvalue weighted by Crippen LogP contribution is -2.42. The molecule has 2 aliphatic rings. The van der Waals surface area contributed by atoms with Gasteiger partial charge in [-0.2, -0.15) is 0 Å². The number of carbonyl (C=O) groups is 1. The molecule has 0 bridgehead atoms. The second kappa shape index (κ2) is 4.98. The van der Waals surface area contributed by atoms with Gasteiger partial charge in [-0.1, -0.05) is 23.7 Å². The lowest BCUT2D eigenvalue weighted by atomic mass is 10.0. The number of benzene rings is 1. The molecular weight excluding hydrogens is 283 g/mol. The molecule has 6 heteroatoms. The maximum atomic E-state index is 13.7. The summed E-state index contributed by atoms with van der Waals surface area (Å²) in [5.41, 5.74) is 0.259. The quantitative estimate of drug-likeness (QED) is 0.783. The molecule has 1 saturated heterocycles. The molecule has 3 N–H and O–H groups in total. The van der Waals surface area contributed by atoms with E-state index in [-0.39, 0.29) is 41.6 Å². The average Bonchev–Trinajstić information content (AvgIpc) is 3.02. The minimum atomic E-state index is -0.497. The van der Waals surface area contributed by atoms with E-state index in [1.807, 2.05) is 0 Å². The van der Waals surface area contributed by atoms with Crippen LogP contribution in [0.5, 0.6) is 0 Å². The van der Waals surface area contributed by atoms with E-state index in [0.717, 1.165) is 6.42 Å². The van der Waals surface area contributed by atoms with E-state index in [4.69, 9.17) is 11.6 Å². The van der Waals surface area contributed by atoms with Crippen LogP contribution >= 0.6 is 11.6 Å². The number of aliphatic hydroxyl groups excluding tert-OH is 1. The van der Waals surface area contributed by atoms with E-state index in [2.05, 4.69) is 10.6 Å². The Morgan fingerprint density at radius 1 is 1.55 bits per heavy atom. The number of hydrogen-bond acceptors (Lipinski definition) is 3. The van der Waals surface area contributed by atoms with Crippen molar-refractivity contribution in [2.45, 2.75) is 31.5 Å². The molecule has 1 aromatic rings. The zero-order valence-corrected chi connectivity index (χ0v) is 11.6. The third kappa shape index (κ3) is 2.30. The van der Waals surface area contributed by atoms with Gasteiger partial charge in [0.25, 0.3) is 0 Å². The molecule has 0 unspecified atom stereocenters. The Balaban J connectivity index is 1.57. The molecule has 3 atom stereocenters. The predicted octanol–water partition coefficient (Wildman–Crippen LogP) is 1.21. The normalized spacial score (nSPS) is 30.9. The first-order valence-corrected chi connectivity index (χ1v) is 7.01. The van der Waals surface area contributed by atoms with Gasteiger partial charge in [-0.05, 0) is 18.9 Å². The van der Waals surface area contributed by atoms with Gasteiger partial charge in [0.2, 0.25) is 5.91 Å². The van der Waals surface area contributed by atoms with Crippen molar-refractivity contribution < 1.29 is 14.3 Å². The second-order valence-electron chi connectivity index (χ2n) is 5.63. The topological polar surface area (TPSA) is 61.4 Å². The summed E-state index contributed by atoms with van der Waals surface area (Å²) in [6.07, 6.45) is 1.56. The van der Waals surface area contributed by atoms with Crippen molar-refractivity contribution in [3.8, 4) is 0 Å². The van der Waals surface area contributed by atoms with Gasteiger partial charge in [-0.15, -0.1) is 0 Å². The van der Waals surface area contributed by atoms with Crippen LogP contribution < -0.4 is 10.6 Å². The number of rotatable bonds is 4. The molecule has 1 aliphatic heterocycles. The van der Waals surface area contributed by atoms with Crippen molar-refractivity contribution in [1.29, 1.82) is 0 Å². The fourth-order valence-corrected chi connectivity index (χ4v) is 3.11. The molecule has 1 aliphatic carbocycles. The predicted molar refractivity (Wildman–Crippen MR) is 72.7 cm³/mol. The van der Waals surface area contributed by atoms with Crippen molar-refractivity contribution >= 4 is 17.5 Å². The number of hydrogen-bond donors (Lipinski definition) is 3. The van der Waals surface area contributed by atoms with Gasteiger partial charge in [0.15, 0.2) is 0 Å². The van der Waals surface area contributed by atoms with Crippen LogP contribution in [0.3, 0.4) is 0 Å². The van der Waals surface area contributed by atoms with E-state index in [9.17, 15) is 14.3 Å². The van der Waals surface area contributed by atoms with E-state index in [1.165, 1.54) is 6.07 Å². The van der Waals surface area contributed by atoms with Gasteiger partial charge >= 0.3 is 0 Å². The third-order valence-electron chi connectivity index (χ3n) is 4.32. The van der Waals surface area contributed by atoms with Crippen LogP contribution in [-0.4, -0.2) is 29.7 Å². The minimum Gasteiger partial charge on any atom is -0.396 e. The van der Waals surface area contributed by atoms with Crippen molar-refractivity contribution in [3.05, 3.63) is 34.6 Å². The molecule has 0 radical (unpaired) electrons. The Kier molecular flexibility index (Phi) is 3.44. The first-order chi connectivity index (χ1) is 9.55. The molecule has 4 nitrogen and oxygen atoms in total. The summed E-state index contributed by atoms with van der Waals surface area (Å²) in [6.45, 7) is 0.220. The first kappa shape index (κ1) is 13.8. The van der Waals surface area contributed by atoms with Crippen molar-refractivity contribution in [2.24, 2.45) is 5.41 Å². The van der Waals surface area contributed by atoms with Gasteiger partial charge in [0, 0.05) is 23.6 Å². The van der Waals surface area contributed by atoms with Crippen LogP contribution in [0, 0.1) is 11.2 Å². The summed E-state index contributed by atoms with van der Waals surface area (Å²) in [7, 11) is 0. The number of aliphatic hydroxyl groups is 1. The van der Waals surface area contributed by atoms with E-state index >= 15 is 0 Å². The number of fused-ring (bicyclic) bond motifs is 1. The lowest BCUT2D eigenvalue weighted by Gasteiger charge is -2.15. The van der Waals surface area contributed by atoms with Gasteiger partial charge in [0.1, 0.15) is 5.82 Å². The molecule has 0 spiro atoms. The molecular formula is C14H16ClFN2O2. The standard InChI is InChI=1S/C14H16ClFN2O2/c15-9-3-1-2-8(12(9)16)6-17-13(20)10-4-14(7-19)5-11(14)18-10/h1-3,10-11,18-19H,4-7H2,(H,17,20)/t10-,11+,14-/m0/s1. The number of piperidine rings is 1. The molecule has 0 aromatic heterocycles. The van der Waals surface area contributed by atoms with E-state index < -0.39 is 5.82 Å². The summed E-state index contributed by atoms with van der Waals surface area (Å²) in [5.74, 6) is -0.659. The van der Waals surface area contributed by atoms with Gasteiger partial charge in [-0.3, -0.25) is 4.79 Å². The SMILES string of the molecule is O=C(NCc1cccc(Cl)c1F)[C@@H]1C[C@@]2(CO)C[C@H]2N1. The highest BCUT2D eigenvalue weighted by molar-refractivity contribution is 6.30. The Labute approximate surface area is 121 Å². The van der Waals surface area contributed by atoms with Crippen LogP contribution in [0.4, 0.5) is 4.39 Å². The number of carbonyl (C=O) groups excluding carboxylic acids is 1. The van der Waals surface area contributed by atoms with Crippen molar-refractivity contribution in [2.75, 3.05) is 6.61 Å². The monoisotopic (exact) mass is 298 g/mol. The van der Waals surface area contributed by atoms with Crippen LogP contribution in [0.2, 0.25) is 5.02 Å². The van der Waals surface area contributed by atoms with Gasteiger partial charge in [0.05, 0.1) is 17.7 Å². The maximum Gasteiger partial charge on any atom is 0.237 e. The molecule has 20 heavy (non-hydrogen) atoms. The Morgan fingerprint density at radius 2 is 2.35 bits per heavy atom. The fraction of sp³-hybridized carbons (Fsp3) is 0.500. The minimum absolute atomic E-state index is 0.0521. The molecule has 1 aromatic carbocycles. The van der Waals surface area contributed by atoms with Gasteiger partial charge in [-0.25, -0.2) is 4.39 Å². The molecule has 3 rings (SSSR count). The Morgan fingerprint density at radius 3 is 3.05 bits per heavy atom. The first-order valence-electron chi connectivity index (χ1n) is 6.63.